The number of allylic oxidation sites excluding steroid dienone is 5. The summed E-state index contributed by atoms with van der Waals surface area (Å²) in [5.41, 5.74) is 9.28. The molecule has 0 heterocycles. The number of hydrogen-bond donors (Lipinski definition) is 2. The first-order valence-electron chi connectivity index (χ1n) is 14.6. The van der Waals surface area contributed by atoms with Gasteiger partial charge in [0.25, 0.3) is 0 Å². The molecule has 206 valence electrons. The zero-order valence-electron chi connectivity index (χ0n) is 23.8. The molecule has 37 heavy (non-hydrogen) atoms. The number of ether oxygens (including phenoxy) is 1. The Morgan fingerprint density at radius 3 is 2.46 bits per heavy atom. The lowest BCUT2D eigenvalue weighted by molar-refractivity contribution is -0.155. The molecule has 1 unspecified atom stereocenters. The van der Waals surface area contributed by atoms with Crippen LogP contribution in [0.15, 0.2) is 35.5 Å². The van der Waals surface area contributed by atoms with Gasteiger partial charge in [-0.2, -0.15) is 0 Å². The SMILES string of the molecule is CC(C)C(C)/C=C/[C@@H](C)[C@H]1CC[C@H]2C3=CC=C4C[C@@H](OC(=O)[C@@H](N)CC(=O)O)CC[C@]4(C)[C@H]3CC[C@]12C. The van der Waals surface area contributed by atoms with Crippen molar-refractivity contribution in [1.82, 2.24) is 0 Å². The van der Waals surface area contributed by atoms with Crippen molar-refractivity contribution in [2.75, 3.05) is 0 Å². The molecule has 4 rings (SSSR count). The first kappa shape index (κ1) is 28.1. The Morgan fingerprint density at radius 2 is 1.78 bits per heavy atom. The minimum atomic E-state index is -1.10. The maximum atomic E-state index is 12.3. The van der Waals surface area contributed by atoms with Gasteiger partial charge in [0.1, 0.15) is 12.1 Å². The molecule has 3 N–H and O–H groups in total. The molecule has 0 amide bonds. The highest BCUT2D eigenvalue weighted by Crippen LogP contribution is 2.66. The van der Waals surface area contributed by atoms with Crippen LogP contribution in [-0.4, -0.2) is 29.2 Å². The van der Waals surface area contributed by atoms with Crippen molar-refractivity contribution >= 4 is 11.9 Å². The summed E-state index contributed by atoms with van der Waals surface area (Å²) in [6.07, 6.45) is 16.8. The maximum absolute atomic E-state index is 12.3. The van der Waals surface area contributed by atoms with Crippen molar-refractivity contribution in [1.29, 1.82) is 0 Å². The molecule has 9 atom stereocenters. The second-order valence-corrected chi connectivity index (χ2v) is 13.5. The molecule has 3 fully saturated rings. The van der Waals surface area contributed by atoms with Gasteiger partial charge < -0.3 is 15.6 Å². The fourth-order valence-electron chi connectivity index (χ4n) is 8.20. The summed E-state index contributed by atoms with van der Waals surface area (Å²) in [4.78, 5) is 23.2. The smallest absolute Gasteiger partial charge is 0.323 e. The Balaban J connectivity index is 1.48. The van der Waals surface area contributed by atoms with Crippen molar-refractivity contribution in [3.05, 3.63) is 35.5 Å². The maximum Gasteiger partial charge on any atom is 0.323 e. The molecule has 0 aromatic rings. The zero-order chi connectivity index (χ0) is 27.1. The predicted molar refractivity (Wildman–Crippen MR) is 148 cm³/mol. The Hall–Kier alpha value is -1.88. The third kappa shape index (κ3) is 5.35. The second-order valence-electron chi connectivity index (χ2n) is 13.5. The van der Waals surface area contributed by atoms with Crippen LogP contribution in [0.1, 0.15) is 92.9 Å². The quantitative estimate of drug-likeness (QED) is 0.280. The number of nitrogens with two attached hydrogens (primary N) is 1. The van der Waals surface area contributed by atoms with Crippen molar-refractivity contribution in [3.63, 3.8) is 0 Å². The average molecular weight is 512 g/mol. The third-order valence-corrected chi connectivity index (χ3v) is 11.0. The van der Waals surface area contributed by atoms with Gasteiger partial charge in [0, 0.05) is 6.42 Å². The molecule has 0 aliphatic heterocycles. The fraction of sp³-hybridized carbons (Fsp3) is 0.750. The second kappa shape index (κ2) is 10.7. The summed E-state index contributed by atoms with van der Waals surface area (Å²) in [6, 6.07) is -1.10. The lowest BCUT2D eigenvalue weighted by atomic mass is 9.50. The molecule has 0 aromatic heterocycles. The summed E-state index contributed by atoms with van der Waals surface area (Å²) in [7, 11) is 0. The Morgan fingerprint density at radius 1 is 1.05 bits per heavy atom. The molecular formula is C32H49NO4. The zero-order valence-corrected chi connectivity index (χ0v) is 23.8. The van der Waals surface area contributed by atoms with E-state index < -0.39 is 24.4 Å². The van der Waals surface area contributed by atoms with Crippen LogP contribution in [-0.2, 0) is 14.3 Å². The first-order valence-corrected chi connectivity index (χ1v) is 14.6. The largest absolute Gasteiger partial charge is 0.481 e. The van der Waals surface area contributed by atoms with Gasteiger partial charge in [-0.1, -0.05) is 77.0 Å². The van der Waals surface area contributed by atoms with Gasteiger partial charge in [0.15, 0.2) is 0 Å². The lowest BCUT2D eigenvalue weighted by Crippen LogP contribution is -2.47. The Bertz CT molecular complexity index is 979. The minimum Gasteiger partial charge on any atom is -0.481 e. The van der Waals surface area contributed by atoms with E-state index in [-0.39, 0.29) is 11.5 Å². The molecule has 4 aliphatic rings. The van der Waals surface area contributed by atoms with E-state index in [1.165, 1.54) is 31.3 Å². The molecule has 4 aliphatic carbocycles. The predicted octanol–water partition coefficient (Wildman–Crippen LogP) is 6.68. The van der Waals surface area contributed by atoms with Crippen LogP contribution in [0.2, 0.25) is 0 Å². The number of esters is 1. The highest BCUT2D eigenvalue weighted by molar-refractivity contribution is 5.81. The van der Waals surface area contributed by atoms with E-state index in [2.05, 4.69) is 65.8 Å². The highest BCUT2D eigenvalue weighted by atomic mass is 16.5. The number of hydrogen-bond acceptors (Lipinski definition) is 4. The molecule has 0 spiro atoms. The number of aliphatic carboxylic acids is 1. The summed E-state index contributed by atoms with van der Waals surface area (Å²) in [5, 5.41) is 8.93. The van der Waals surface area contributed by atoms with E-state index in [1.807, 2.05) is 0 Å². The van der Waals surface area contributed by atoms with E-state index in [9.17, 15) is 9.59 Å². The van der Waals surface area contributed by atoms with Crippen LogP contribution in [0.4, 0.5) is 0 Å². The van der Waals surface area contributed by atoms with Crippen LogP contribution in [0, 0.1) is 46.3 Å². The fourth-order valence-corrected chi connectivity index (χ4v) is 8.20. The molecule has 0 aromatic carbocycles. The van der Waals surface area contributed by atoms with Gasteiger partial charge in [-0.05, 0) is 84.9 Å². The summed E-state index contributed by atoms with van der Waals surface area (Å²) in [5.74, 6) is 2.20. The van der Waals surface area contributed by atoms with Crippen LogP contribution in [0.5, 0.6) is 0 Å². The van der Waals surface area contributed by atoms with E-state index >= 15 is 0 Å². The Labute approximate surface area is 224 Å². The summed E-state index contributed by atoms with van der Waals surface area (Å²) < 4.78 is 5.67. The molecule has 3 saturated carbocycles. The van der Waals surface area contributed by atoms with Gasteiger partial charge in [-0.25, -0.2) is 0 Å². The summed E-state index contributed by atoms with van der Waals surface area (Å²) >= 11 is 0. The standard InChI is InChI=1S/C32H49NO4/c1-19(2)20(3)7-8-21(4)25-11-12-26-24-10-9-22-17-23(37-30(36)28(33)18-29(34)35)13-15-31(22,5)27(24)14-16-32(25,26)6/h7-10,19-21,23,25-28H,11-18,33H2,1-6H3,(H,34,35)/b8-7+/t20?,21-,23+,25-,26+,27+,28+,31+,32-/m1/s1. The lowest BCUT2D eigenvalue weighted by Gasteiger charge is -2.55. The molecule has 0 saturated heterocycles. The van der Waals surface area contributed by atoms with Gasteiger partial charge in [0.05, 0.1) is 6.42 Å². The number of carboxylic acid groups (broad SMARTS) is 1. The van der Waals surface area contributed by atoms with E-state index in [1.54, 1.807) is 5.57 Å². The minimum absolute atomic E-state index is 0.119. The number of carbonyl (C=O) groups is 2. The third-order valence-electron chi connectivity index (χ3n) is 11.0. The average Bonchev–Trinajstić information content (AvgIpc) is 3.19. The monoisotopic (exact) mass is 511 g/mol. The van der Waals surface area contributed by atoms with E-state index in [4.69, 9.17) is 15.6 Å². The molecule has 5 heteroatoms. The first-order chi connectivity index (χ1) is 17.4. The Kier molecular flexibility index (Phi) is 8.14. The van der Waals surface area contributed by atoms with Crippen LogP contribution in [0.3, 0.4) is 0 Å². The summed E-state index contributed by atoms with van der Waals surface area (Å²) in [6.45, 7) is 14.4. The van der Waals surface area contributed by atoms with Gasteiger partial charge >= 0.3 is 11.9 Å². The van der Waals surface area contributed by atoms with Crippen molar-refractivity contribution in [3.8, 4) is 0 Å². The van der Waals surface area contributed by atoms with Crippen LogP contribution >= 0.6 is 0 Å². The molecule has 0 bridgehead atoms. The normalized spacial score (nSPS) is 37.6. The molecular weight excluding hydrogens is 462 g/mol. The van der Waals surface area contributed by atoms with Gasteiger partial charge in [0.2, 0.25) is 0 Å². The van der Waals surface area contributed by atoms with Crippen molar-refractivity contribution in [2.45, 2.75) is 105 Å². The highest BCUT2D eigenvalue weighted by Gasteiger charge is 2.57. The number of fused-ring (bicyclic) bond motifs is 5. The van der Waals surface area contributed by atoms with Crippen molar-refractivity contribution < 1.29 is 19.4 Å². The molecule has 5 nitrogen and oxygen atoms in total. The van der Waals surface area contributed by atoms with Crippen molar-refractivity contribution in [2.24, 2.45) is 52.1 Å². The van der Waals surface area contributed by atoms with E-state index in [0.717, 1.165) is 25.2 Å². The number of carbonyl (C=O) groups excluding carboxylic acids is 1. The number of carboxylic acids is 1. The van der Waals surface area contributed by atoms with Crippen LogP contribution < -0.4 is 5.73 Å². The van der Waals surface area contributed by atoms with Gasteiger partial charge in [-0.3, -0.25) is 9.59 Å². The molecule has 0 radical (unpaired) electrons. The number of rotatable bonds is 8. The van der Waals surface area contributed by atoms with Gasteiger partial charge in [-0.15, -0.1) is 0 Å². The topological polar surface area (TPSA) is 89.6 Å². The van der Waals surface area contributed by atoms with E-state index in [0.29, 0.717) is 35.0 Å². The van der Waals surface area contributed by atoms with Crippen LogP contribution in [0.25, 0.3) is 0 Å².